The number of amides is 2. The highest BCUT2D eigenvalue weighted by Crippen LogP contribution is 2.52. The zero-order chi connectivity index (χ0) is 24.3. The Labute approximate surface area is 200 Å². The van der Waals surface area contributed by atoms with Crippen LogP contribution in [0.3, 0.4) is 0 Å². The second-order valence-electron chi connectivity index (χ2n) is 8.92. The van der Waals surface area contributed by atoms with Gasteiger partial charge in [0.1, 0.15) is 5.58 Å². The van der Waals surface area contributed by atoms with Crippen molar-refractivity contribution < 1.29 is 19.1 Å². The summed E-state index contributed by atoms with van der Waals surface area (Å²) >= 11 is 0. The van der Waals surface area contributed by atoms with E-state index >= 15 is 0 Å². The van der Waals surface area contributed by atoms with Crippen molar-refractivity contribution in [2.24, 2.45) is 0 Å². The van der Waals surface area contributed by atoms with E-state index in [1.165, 1.54) is 4.90 Å². The van der Waals surface area contributed by atoms with Crippen LogP contribution in [-0.4, -0.2) is 35.0 Å². The number of aryl methyl sites for hydroxylation is 1. The monoisotopic (exact) mass is 466 g/mol. The van der Waals surface area contributed by atoms with Crippen LogP contribution in [0.15, 0.2) is 82.0 Å². The van der Waals surface area contributed by atoms with Crippen molar-refractivity contribution in [2.75, 3.05) is 18.1 Å². The van der Waals surface area contributed by atoms with Gasteiger partial charge in [-0.1, -0.05) is 60.2 Å². The second kappa shape index (κ2) is 7.65. The first kappa shape index (κ1) is 21.3. The van der Waals surface area contributed by atoms with E-state index in [4.69, 9.17) is 4.42 Å². The number of nitrogens with zero attached hydrogens (tertiary/aromatic N) is 2. The van der Waals surface area contributed by atoms with Gasteiger partial charge >= 0.3 is 0 Å². The number of hydrogen-bond acceptors (Lipinski definition) is 5. The van der Waals surface area contributed by atoms with E-state index < -0.39 is 22.8 Å². The predicted molar refractivity (Wildman–Crippen MR) is 130 cm³/mol. The van der Waals surface area contributed by atoms with Crippen LogP contribution in [0, 0.1) is 6.92 Å². The molecule has 0 aliphatic carbocycles. The van der Waals surface area contributed by atoms with E-state index in [1.807, 2.05) is 43.3 Å². The SMILES string of the molecule is Cc1ccc(CN2C(=O)C3(c4ccccc42)c2c(oc4ccccc4c2=O)C(=O)N3CCO)cc1. The summed E-state index contributed by atoms with van der Waals surface area (Å²) in [7, 11) is 0. The molecule has 1 atom stereocenters. The number of carbonyl (C=O) groups excluding carboxylic acids is 2. The molecule has 3 aromatic carbocycles. The third kappa shape index (κ3) is 2.79. The van der Waals surface area contributed by atoms with Crippen LogP contribution in [0.25, 0.3) is 11.0 Å². The van der Waals surface area contributed by atoms with Crippen LogP contribution in [-0.2, 0) is 16.9 Å². The number of hydrogen-bond donors (Lipinski definition) is 1. The molecule has 6 rings (SSSR count). The first-order chi connectivity index (χ1) is 17.0. The molecule has 1 spiro atoms. The van der Waals surface area contributed by atoms with Crippen LogP contribution >= 0.6 is 0 Å². The highest BCUT2D eigenvalue weighted by molar-refractivity contribution is 6.17. The Hall–Kier alpha value is -4.23. The van der Waals surface area contributed by atoms with Gasteiger partial charge < -0.3 is 19.3 Å². The molecule has 35 heavy (non-hydrogen) atoms. The summed E-state index contributed by atoms with van der Waals surface area (Å²) in [5, 5.41) is 10.2. The summed E-state index contributed by atoms with van der Waals surface area (Å²) in [6.07, 6.45) is 0. The predicted octanol–water partition coefficient (Wildman–Crippen LogP) is 3.34. The third-order valence-electron chi connectivity index (χ3n) is 6.93. The molecule has 1 N–H and O–H groups in total. The number of carbonyl (C=O) groups is 2. The molecule has 174 valence electrons. The summed E-state index contributed by atoms with van der Waals surface area (Å²) in [5.41, 5.74) is 1.33. The molecule has 7 heteroatoms. The maximum Gasteiger partial charge on any atom is 0.291 e. The van der Waals surface area contributed by atoms with E-state index in [-0.39, 0.29) is 36.6 Å². The Balaban J connectivity index is 1.64. The molecule has 0 radical (unpaired) electrons. The zero-order valence-corrected chi connectivity index (χ0v) is 19.0. The Morgan fingerprint density at radius 2 is 1.63 bits per heavy atom. The lowest BCUT2D eigenvalue weighted by atomic mass is 9.84. The smallest absolute Gasteiger partial charge is 0.291 e. The molecule has 2 aliphatic rings. The summed E-state index contributed by atoms with van der Waals surface area (Å²) in [4.78, 5) is 44.8. The summed E-state index contributed by atoms with van der Waals surface area (Å²) in [6, 6.07) is 21.7. The molecule has 0 saturated carbocycles. The summed E-state index contributed by atoms with van der Waals surface area (Å²) in [5.74, 6) is -1.15. The fourth-order valence-electron chi connectivity index (χ4n) is 5.37. The van der Waals surface area contributed by atoms with Gasteiger partial charge in [0.25, 0.3) is 11.8 Å². The highest BCUT2D eigenvalue weighted by Gasteiger charge is 2.64. The number of fused-ring (bicyclic) bond motifs is 5. The molecule has 0 bridgehead atoms. The van der Waals surface area contributed by atoms with Gasteiger partial charge in [0.05, 0.1) is 29.8 Å². The van der Waals surface area contributed by atoms with Crippen LogP contribution in [0.2, 0.25) is 0 Å². The van der Waals surface area contributed by atoms with Gasteiger partial charge in [-0.3, -0.25) is 14.4 Å². The summed E-state index contributed by atoms with van der Waals surface area (Å²) in [6.45, 7) is 1.76. The van der Waals surface area contributed by atoms with Crippen molar-refractivity contribution in [1.82, 2.24) is 4.90 Å². The molecule has 0 saturated heterocycles. The normalized spacial score (nSPS) is 18.6. The van der Waals surface area contributed by atoms with Gasteiger partial charge in [-0.15, -0.1) is 0 Å². The maximum absolute atomic E-state index is 14.4. The Morgan fingerprint density at radius 3 is 2.40 bits per heavy atom. The largest absolute Gasteiger partial charge is 0.450 e. The van der Waals surface area contributed by atoms with Gasteiger partial charge in [-0.25, -0.2) is 0 Å². The van der Waals surface area contributed by atoms with E-state index in [0.717, 1.165) is 11.1 Å². The van der Waals surface area contributed by atoms with Gasteiger partial charge in [0.15, 0.2) is 11.0 Å². The Morgan fingerprint density at radius 1 is 0.914 bits per heavy atom. The molecule has 4 aromatic rings. The van der Waals surface area contributed by atoms with E-state index in [1.54, 1.807) is 41.3 Å². The van der Waals surface area contributed by atoms with E-state index in [9.17, 15) is 19.5 Å². The molecule has 1 unspecified atom stereocenters. The number of para-hydroxylation sites is 2. The molecule has 0 fully saturated rings. The molecule has 2 amide bonds. The molecule has 1 aromatic heterocycles. The topological polar surface area (TPSA) is 91.1 Å². The maximum atomic E-state index is 14.4. The minimum absolute atomic E-state index is 0.0125. The quantitative estimate of drug-likeness (QED) is 0.498. The van der Waals surface area contributed by atoms with Crippen molar-refractivity contribution in [3.8, 4) is 0 Å². The van der Waals surface area contributed by atoms with Gasteiger partial charge in [0, 0.05) is 12.1 Å². The number of rotatable bonds is 4. The lowest BCUT2D eigenvalue weighted by Gasteiger charge is -2.33. The van der Waals surface area contributed by atoms with Gasteiger partial charge in [-0.05, 0) is 30.7 Å². The minimum atomic E-state index is -1.71. The van der Waals surface area contributed by atoms with Crippen LogP contribution in [0.5, 0.6) is 0 Å². The molecule has 2 aliphatic heterocycles. The highest BCUT2D eigenvalue weighted by atomic mass is 16.3. The second-order valence-corrected chi connectivity index (χ2v) is 8.92. The Bertz CT molecular complexity index is 1570. The average Bonchev–Trinajstić information content (AvgIpc) is 3.26. The van der Waals surface area contributed by atoms with Crippen LogP contribution in [0.1, 0.15) is 32.8 Å². The van der Waals surface area contributed by atoms with Gasteiger partial charge in [-0.2, -0.15) is 0 Å². The number of aliphatic hydroxyl groups is 1. The third-order valence-corrected chi connectivity index (χ3v) is 6.93. The minimum Gasteiger partial charge on any atom is -0.450 e. The van der Waals surface area contributed by atoms with Crippen molar-refractivity contribution in [3.63, 3.8) is 0 Å². The molecular formula is C28H22N2O5. The fourth-order valence-corrected chi connectivity index (χ4v) is 5.37. The first-order valence-corrected chi connectivity index (χ1v) is 11.4. The first-order valence-electron chi connectivity index (χ1n) is 11.4. The molecule has 3 heterocycles. The standard InChI is InChI=1S/C28H22N2O5/c1-17-10-12-18(13-11-17)16-29-21-8-4-3-7-20(21)28(27(29)34)23-24(32)19-6-2-5-9-22(19)35-25(23)26(33)30(28)14-15-31/h2-13,31H,14-16H2,1H3. The van der Waals surface area contributed by atoms with Crippen LogP contribution in [0.4, 0.5) is 5.69 Å². The number of β-amino-alcohol motifs (C(OH)–C–C–N with tert-alkyl or cyclic N) is 1. The van der Waals surface area contributed by atoms with Crippen molar-refractivity contribution in [1.29, 1.82) is 0 Å². The number of anilines is 1. The average molecular weight is 466 g/mol. The fraction of sp³-hybridized carbons (Fsp3) is 0.179. The Kier molecular flexibility index (Phi) is 4.66. The lowest BCUT2D eigenvalue weighted by molar-refractivity contribution is -0.126. The number of aliphatic hydroxyl groups excluding tert-OH is 1. The van der Waals surface area contributed by atoms with Crippen molar-refractivity contribution in [3.05, 3.63) is 111 Å². The van der Waals surface area contributed by atoms with E-state index in [2.05, 4.69) is 0 Å². The lowest BCUT2D eigenvalue weighted by Crippen LogP contribution is -2.54. The van der Waals surface area contributed by atoms with Crippen molar-refractivity contribution >= 4 is 28.5 Å². The molecular weight excluding hydrogens is 444 g/mol. The summed E-state index contributed by atoms with van der Waals surface area (Å²) < 4.78 is 5.95. The van der Waals surface area contributed by atoms with Gasteiger partial charge in [0.2, 0.25) is 5.76 Å². The van der Waals surface area contributed by atoms with Crippen LogP contribution < -0.4 is 10.3 Å². The zero-order valence-electron chi connectivity index (χ0n) is 19.0. The molecule has 7 nitrogen and oxygen atoms in total. The number of benzene rings is 3. The van der Waals surface area contributed by atoms with Crippen molar-refractivity contribution in [2.45, 2.75) is 19.0 Å². The van der Waals surface area contributed by atoms with E-state index in [0.29, 0.717) is 16.6 Å².